The van der Waals surface area contributed by atoms with E-state index in [0.717, 1.165) is 19.4 Å². The standard InChI is InChI=1S/C11H26N2O2S/c1-5-7-12-8-10-16(14,15)13(9-6-2)11(3)4/h11-12H,5-10H2,1-4H3. The molecule has 0 amide bonds. The highest BCUT2D eigenvalue weighted by atomic mass is 32.2. The third kappa shape index (κ3) is 5.82. The fraction of sp³-hybridized carbons (Fsp3) is 1.00. The van der Waals surface area contributed by atoms with E-state index in [4.69, 9.17) is 0 Å². The second kappa shape index (κ2) is 8.03. The minimum atomic E-state index is -3.09. The number of sulfonamides is 1. The zero-order valence-electron chi connectivity index (χ0n) is 11.0. The predicted octanol–water partition coefficient (Wildman–Crippen LogP) is 1.44. The third-order valence-electron chi connectivity index (χ3n) is 2.34. The molecule has 0 spiro atoms. The van der Waals surface area contributed by atoms with Gasteiger partial charge in [-0.3, -0.25) is 0 Å². The Morgan fingerprint density at radius 2 is 1.75 bits per heavy atom. The van der Waals surface area contributed by atoms with Crippen molar-refractivity contribution >= 4 is 10.0 Å². The Morgan fingerprint density at radius 3 is 2.19 bits per heavy atom. The average molecular weight is 250 g/mol. The molecule has 0 aliphatic rings. The van der Waals surface area contributed by atoms with Crippen LogP contribution in [0, 0.1) is 0 Å². The largest absolute Gasteiger partial charge is 0.316 e. The van der Waals surface area contributed by atoms with Gasteiger partial charge in [-0.15, -0.1) is 0 Å². The Hall–Kier alpha value is -0.130. The maximum absolute atomic E-state index is 12.0. The normalized spacial score (nSPS) is 12.6. The van der Waals surface area contributed by atoms with Crippen LogP contribution in [0.5, 0.6) is 0 Å². The first kappa shape index (κ1) is 15.9. The van der Waals surface area contributed by atoms with Gasteiger partial charge in [0.05, 0.1) is 5.75 Å². The maximum Gasteiger partial charge on any atom is 0.215 e. The Kier molecular flexibility index (Phi) is 7.97. The van der Waals surface area contributed by atoms with Gasteiger partial charge in [0.15, 0.2) is 0 Å². The Bertz CT molecular complexity index is 263. The topological polar surface area (TPSA) is 49.4 Å². The van der Waals surface area contributed by atoms with Gasteiger partial charge >= 0.3 is 0 Å². The first-order valence-corrected chi connectivity index (χ1v) is 7.76. The minimum Gasteiger partial charge on any atom is -0.316 e. The summed E-state index contributed by atoms with van der Waals surface area (Å²) in [6.45, 7) is 9.96. The molecule has 0 aliphatic heterocycles. The highest BCUT2D eigenvalue weighted by molar-refractivity contribution is 7.89. The van der Waals surface area contributed by atoms with E-state index in [1.165, 1.54) is 0 Å². The average Bonchev–Trinajstić information content (AvgIpc) is 2.20. The SMILES string of the molecule is CCCNCCS(=O)(=O)N(CCC)C(C)C. The van der Waals surface area contributed by atoms with Gasteiger partial charge < -0.3 is 5.32 Å². The van der Waals surface area contributed by atoms with Gasteiger partial charge in [0.2, 0.25) is 10.0 Å². The second-order valence-corrected chi connectivity index (χ2v) is 6.31. The molecule has 0 bridgehead atoms. The number of hydrogen-bond donors (Lipinski definition) is 1. The van der Waals surface area contributed by atoms with Crippen LogP contribution in [0.15, 0.2) is 0 Å². The monoisotopic (exact) mass is 250 g/mol. The summed E-state index contributed by atoms with van der Waals surface area (Å²) in [6, 6.07) is 0.0520. The molecular weight excluding hydrogens is 224 g/mol. The molecule has 0 saturated carbocycles. The lowest BCUT2D eigenvalue weighted by Gasteiger charge is -2.25. The van der Waals surface area contributed by atoms with E-state index in [9.17, 15) is 8.42 Å². The molecule has 0 fully saturated rings. The molecule has 0 aliphatic carbocycles. The van der Waals surface area contributed by atoms with Crippen molar-refractivity contribution in [3.63, 3.8) is 0 Å². The van der Waals surface area contributed by atoms with E-state index in [0.29, 0.717) is 13.1 Å². The molecule has 0 aromatic carbocycles. The van der Waals surface area contributed by atoms with E-state index in [2.05, 4.69) is 12.2 Å². The quantitative estimate of drug-likeness (QED) is 0.630. The highest BCUT2D eigenvalue weighted by Crippen LogP contribution is 2.08. The molecule has 5 heteroatoms. The number of nitrogens with zero attached hydrogens (tertiary/aromatic N) is 1. The molecular formula is C11H26N2O2S. The molecule has 98 valence electrons. The summed E-state index contributed by atoms with van der Waals surface area (Å²) in [6.07, 6.45) is 1.89. The van der Waals surface area contributed by atoms with Crippen molar-refractivity contribution in [3.8, 4) is 0 Å². The van der Waals surface area contributed by atoms with Crippen molar-refractivity contribution in [2.75, 3.05) is 25.4 Å². The lowest BCUT2D eigenvalue weighted by molar-refractivity contribution is 0.353. The molecule has 16 heavy (non-hydrogen) atoms. The summed E-state index contributed by atoms with van der Waals surface area (Å²) >= 11 is 0. The fourth-order valence-corrected chi connectivity index (χ4v) is 3.30. The van der Waals surface area contributed by atoms with Gasteiger partial charge in [-0.05, 0) is 33.2 Å². The van der Waals surface area contributed by atoms with Crippen LogP contribution in [0.3, 0.4) is 0 Å². The van der Waals surface area contributed by atoms with Crippen LogP contribution in [0.1, 0.15) is 40.5 Å². The number of rotatable bonds is 9. The summed E-state index contributed by atoms with van der Waals surface area (Å²) in [4.78, 5) is 0. The van der Waals surface area contributed by atoms with Gasteiger partial charge in [0.1, 0.15) is 0 Å². The molecule has 4 nitrogen and oxygen atoms in total. The zero-order valence-corrected chi connectivity index (χ0v) is 11.8. The lowest BCUT2D eigenvalue weighted by atomic mass is 10.4. The van der Waals surface area contributed by atoms with Crippen LogP contribution >= 0.6 is 0 Å². The van der Waals surface area contributed by atoms with Crippen LogP contribution in [0.2, 0.25) is 0 Å². The molecule has 0 atom stereocenters. The van der Waals surface area contributed by atoms with E-state index in [-0.39, 0.29) is 11.8 Å². The van der Waals surface area contributed by atoms with E-state index in [1.807, 2.05) is 20.8 Å². The Morgan fingerprint density at radius 1 is 1.12 bits per heavy atom. The summed E-state index contributed by atoms with van der Waals surface area (Å²) in [5.41, 5.74) is 0. The first-order valence-electron chi connectivity index (χ1n) is 6.16. The zero-order chi connectivity index (χ0) is 12.6. The van der Waals surface area contributed by atoms with Crippen molar-refractivity contribution in [2.24, 2.45) is 0 Å². The van der Waals surface area contributed by atoms with E-state index in [1.54, 1.807) is 4.31 Å². The highest BCUT2D eigenvalue weighted by Gasteiger charge is 2.23. The predicted molar refractivity (Wildman–Crippen MR) is 69.1 cm³/mol. The smallest absolute Gasteiger partial charge is 0.215 e. The molecule has 0 radical (unpaired) electrons. The van der Waals surface area contributed by atoms with Crippen LogP contribution in [0.25, 0.3) is 0 Å². The summed E-state index contributed by atoms with van der Waals surface area (Å²) < 4.78 is 25.6. The molecule has 1 N–H and O–H groups in total. The summed E-state index contributed by atoms with van der Waals surface area (Å²) in [5, 5.41) is 3.12. The first-order chi connectivity index (χ1) is 7.45. The molecule has 0 saturated heterocycles. The van der Waals surface area contributed by atoms with Gasteiger partial charge in [-0.2, -0.15) is 4.31 Å². The maximum atomic E-state index is 12.0. The molecule has 0 unspecified atom stereocenters. The van der Waals surface area contributed by atoms with Gasteiger partial charge in [-0.1, -0.05) is 13.8 Å². The number of nitrogens with one attached hydrogen (secondary N) is 1. The van der Waals surface area contributed by atoms with Crippen LogP contribution in [-0.2, 0) is 10.0 Å². The molecule has 0 heterocycles. The Balaban J connectivity index is 4.26. The summed E-state index contributed by atoms with van der Waals surface area (Å²) in [7, 11) is -3.09. The number of hydrogen-bond acceptors (Lipinski definition) is 3. The van der Waals surface area contributed by atoms with Crippen molar-refractivity contribution in [3.05, 3.63) is 0 Å². The van der Waals surface area contributed by atoms with Crippen molar-refractivity contribution in [2.45, 2.75) is 46.6 Å². The van der Waals surface area contributed by atoms with Crippen molar-refractivity contribution in [1.82, 2.24) is 9.62 Å². The third-order valence-corrected chi connectivity index (χ3v) is 4.38. The van der Waals surface area contributed by atoms with E-state index < -0.39 is 10.0 Å². The van der Waals surface area contributed by atoms with E-state index >= 15 is 0 Å². The van der Waals surface area contributed by atoms with Crippen LogP contribution in [0.4, 0.5) is 0 Å². The Labute approximate surface area is 100 Å². The van der Waals surface area contributed by atoms with Crippen LogP contribution in [-0.4, -0.2) is 44.2 Å². The fourth-order valence-electron chi connectivity index (χ4n) is 1.56. The van der Waals surface area contributed by atoms with Gasteiger partial charge in [0.25, 0.3) is 0 Å². The van der Waals surface area contributed by atoms with Crippen molar-refractivity contribution < 1.29 is 8.42 Å². The van der Waals surface area contributed by atoms with Gasteiger partial charge in [0, 0.05) is 19.1 Å². The molecule has 0 rings (SSSR count). The minimum absolute atomic E-state index is 0.0520. The molecule has 0 aromatic heterocycles. The van der Waals surface area contributed by atoms with Crippen LogP contribution < -0.4 is 5.32 Å². The summed E-state index contributed by atoms with van der Waals surface area (Å²) in [5.74, 6) is 0.200. The lowest BCUT2D eigenvalue weighted by Crippen LogP contribution is -2.41. The van der Waals surface area contributed by atoms with Gasteiger partial charge in [-0.25, -0.2) is 8.42 Å². The molecule has 0 aromatic rings. The van der Waals surface area contributed by atoms with Crippen molar-refractivity contribution in [1.29, 1.82) is 0 Å². The second-order valence-electron chi connectivity index (χ2n) is 4.27.